The van der Waals surface area contributed by atoms with Crippen molar-refractivity contribution in [1.82, 2.24) is 9.88 Å². The van der Waals surface area contributed by atoms with E-state index in [-0.39, 0.29) is 22.8 Å². The molecule has 1 heterocycles. The summed E-state index contributed by atoms with van der Waals surface area (Å²) in [5.41, 5.74) is 2.30. The predicted octanol–water partition coefficient (Wildman–Crippen LogP) is 3.96. The van der Waals surface area contributed by atoms with Crippen molar-refractivity contribution in [3.05, 3.63) is 65.1 Å². The number of halogens is 1. The topological polar surface area (TPSA) is 97.8 Å². The zero-order valence-electron chi connectivity index (χ0n) is 20.2. The van der Waals surface area contributed by atoms with E-state index >= 15 is 0 Å². The minimum Gasteiger partial charge on any atom is -0.490 e. The van der Waals surface area contributed by atoms with Crippen molar-refractivity contribution in [3.63, 3.8) is 0 Å². The van der Waals surface area contributed by atoms with Crippen molar-refractivity contribution in [2.75, 3.05) is 33.1 Å². The van der Waals surface area contributed by atoms with E-state index in [0.717, 1.165) is 28.9 Å². The van der Waals surface area contributed by atoms with Crippen LogP contribution in [0, 0.1) is 5.82 Å². The quantitative estimate of drug-likeness (QED) is 0.297. The Kier molecular flexibility index (Phi) is 8.35. The van der Waals surface area contributed by atoms with Crippen LogP contribution < -0.4 is 10.1 Å². The Labute approximate surface area is 203 Å². The number of aromatic nitrogens is 1. The Bertz CT molecular complexity index is 1240. The van der Waals surface area contributed by atoms with E-state index < -0.39 is 17.8 Å². The van der Waals surface area contributed by atoms with Crippen LogP contribution in [0.15, 0.2) is 42.6 Å². The first-order valence-corrected chi connectivity index (χ1v) is 11.2. The van der Waals surface area contributed by atoms with Crippen LogP contribution in [-0.4, -0.2) is 55.5 Å². The number of likely N-dealkylation sites (N-methyl/N-ethyl adjacent to an activating group) is 1. The van der Waals surface area contributed by atoms with Crippen LogP contribution in [0.2, 0.25) is 0 Å². The third kappa shape index (κ3) is 6.11. The average Bonchev–Trinajstić information content (AvgIpc) is 2.85. The van der Waals surface area contributed by atoms with Gasteiger partial charge in [0, 0.05) is 25.7 Å². The first-order valence-electron chi connectivity index (χ1n) is 11.2. The van der Waals surface area contributed by atoms with Gasteiger partial charge < -0.3 is 19.7 Å². The van der Waals surface area contributed by atoms with Crippen LogP contribution in [0.3, 0.4) is 0 Å². The van der Waals surface area contributed by atoms with Gasteiger partial charge in [-0.15, -0.1) is 0 Å². The summed E-state index contributed by atoms with van der Waals surface area (Å²) in [6, 6.07) is 9.35. The number of nitrogens with zero attached hydrogens (tertiary/aromatic N) is 2. The van der Waals surface area contributed by atoms with Gasteiger partial charge in [0.2, 0.25) is 0 Å². The number of hydrogen-bond acceptors (Lipinski definition) is 6. The number of unbranched alkanes of at least 4 members (excludes halogenated alkanes) is 1. The summed E-state index contributed by atoms with van der Waals surface area (Å²) in [5, 5.41) is 3.08. The molecule has 0 saturated carbocycles. The number of nitrogens with one attached hydrogen (secondary N) is 1. The van der Waals surface area contributed by atoms with E-state index in [0.29, 0.717) is 23.9 Å². The number of carbonyl (C=O) groups excluding carboxylic acids is 3. The fourth-order valence-electron chi connectivity index (χ4n) is 3.45. The molecule has 2 amide bonds. The normalized spacial score (nSPS) is 10.7. The third-order valence-corrected chi connectivity index (χ3v) is 5.30. The second-order valence-electron chi connectivity index (χ2n) is 8.19. The van der Waals surface area contributed by atoms with Crippen molar-refractivity contribution in [1.29, 1.82) is 0 Å². The fourth-order valence-corrected chi connectivity index (χ4v) is 3.45. The highest BCUT2D eigenvalue weighted by Gasteiger charge is 2.24. The van der Waals surface area contributed by atoms with Gasteiger partial charge in [-0.25, -0.2) is 9.18 Å². The molecule has 0 saturated heterocycles. The van der Waals surface area contributed by atoms with Crippen LogP contribution in [0.25, 0.3) is 10.9 Å². The maximum absolute atomic E-state index is 13.3. The van der Waals surface area contributed by atoms with Crippen molar-refractivity contribution in [2.24, 2.45) is 0 Å². The molecule has 1 aromatic heterocycles. The number of hydrogen-bond donors (Lipinski definition) is 1. The molecule has 0 spiro atoms. The van der Waals surface area contributed by atoms with E-state index in [4.69, 9.17) is 9.47 Å². The second-order valence-corrected chi connectivity index (χ2v) is 8.19. The molecule has 0 fully saturated rings. The van der Waals surface area contributed by atoms with Crippen molar-refractivity contribution >= 4 is 34.4 Å². The van der Waals surface area contributed by atoms with Gasteiger partial charge in [-0.05, 0) is 48.2 Å². The van der Waals surface area contributed by atoms with Gasteiger partial charge in [0.15, 0.2) is 5.75 Å². The van der Waals surface area contributed by atoms with Gasteiger partial charge in [-0.1, -0.05) is 25.5 Å². The molecule has 0 aliphatic heterocycles. The van der Waals surface area contributed by atoms with Gasteiger partial charge in [0.25, 0.3) is 0 Å². The maximum Gasteiger partial charge on any atom is 0.341 e. The monoisotopic (exact) mass is 481 g/mol. The Morgan fingerprint density at radius 3 is 2.43 bits per heavy atom. The number of pyridine rings is 1. The summed E-state index contributed by atoms with van der Waals surface area (Å²) in [6.45, 7) is 2.38. The van der Waals surface area contributed by atoms with Crippen LogP contribution in [0.1, 0.15) is 41.3 Å². The summed E-state index contributed by atoms with van der Waals surface area (Å²) in [7, 11) is 4.18. The van der Waals surface area contributed by atoms with E-state index in [1.54, 1.807) is 24.4 Å². The zero-order chi connectivity index (χ0) is 25.5. The number of fused-ring (bicyclic) bond motifs is 1. The van der Waals surface area contributed by atoms with E-state index in [1.165, 1.54) is 39.4 Å². The number of esters is 1. The van der Waals surface area contributed by atoms with E-state index in [2.05, 4.69) is 10.3 Å². The predicted molar refractivity (Wildman–Crippen MR) is 130 cm³/mol. The summed E-state index contributed by atoms with van der Waals surface area (Å²) in [4.78, 5) is 43.0. The first kappa shape index (κ1) is 25.6. The molecule has 9 heteroatoms. The van der Waals surface area contributed by atoms with Gasteiger partial charge in [0.05, 0.1) is 19.4 Å². The smallest absolute Gasteiger partial charge is 0.341 e. The molecule has 2 aromatic carbocycles. The molecular formula is C26H28FN3O5. The Morgan fingerprint density at radius 2 is 1.80 bits per heavy atom. The molecule has 3 rings (SSSR count). The average molecular weight is 482 g/mol. The molecule has 3 aromatic rings. The lowest BCUT2D eigenvalue weighted by Crippen LogP contribution is -2.34. The summed E-state index contributed by atoms with van der Waals surface area (Å²) >= 11 is 0. The number of amides is 2. The molecule has 1 N–H and O–H groups in total. The van der Waals surface area contributed by atoms with Crippen LogP contribution in [0.4, 0.5) is 10.1 Å². The minimum absolute atomic E-state index is 0.0856. The van der Waals surface area contributed by atoms with Gasteiger partial charge in [-0.2, -0.15) is 0 Å². The lowest BCUT2D eigenvalue weighted by atomic mass is 10.0. The Morgan fingerprint density at radius 1 is 1.09 bits per heavy atom. The third-order valence-electron chi connectivity index (χ3n) is 5.30. The van der Waals surface area contributed by atoms with E-state index in [1.807, 2.05) is 6.92 Å². The maximum atomic E-state index is 13.3. The summed E-state index contributed by atoms with van der Waals surface area (Å²) in [5.74, 6) is -2.37. The lowest BCUT2D eigenvalue weighted by Gasteiger charge is -2.17. The standard InChI is InChI=1S/C26H28FN3O5/c1-5-6-11-35-23-20(26(33)34-4)14-21(29-24(31)25(32)30(2)3)19-13-17(15-28-22(19)23)12-16-7-9-18(27)10-8-16/h7-10,13-15H,5-6,11-12H2,1-4H3,(H,29,31). The molecule has 0 unspecified atom stereocenters. The van der Waals surface area contributed by atoms with Crippen molar-refractivity contribution in [2.45, 2.75) is 26.2 Å². The number of anilines is 1. The van der Waals surface area contributed by atoms with Crippen LogP contribution in [0.5, 0.6) is 5.75 Å². The molecule has 0 bridgehead atoms. The highest BCUT2D eigenvalue weighted by atomic mass is 19.1. The highest BCUT2D eigenvalue weighted by Crippen LogP contribution is 2.36. The summed E-state index contributed by atoms with van der Waals surface area (Å²) < 4.78 is 24.2. The number of ether oxygens (including phenoxy) is 2. The first-order chi connectivity index (χ1) is 16.7. The van der Waals surface area contributed by atoms with Crippen LogP contribution in [-0.2, 0) is 20.7 Å². The lowest BCUT2D eigenvalue weighted by molar-refractivity contribution is -0.141. The zero-order valence-corrected chi connectivity index (χ0v) is 20.2. The Balaban J connectivity index is 2.15. The molecular weight excluding hydrogens is 453 g/mol. The molecule has 0 radical (unpaired) electrons. The molecule has 184 valence electrons. The molecule has 0 aliphatic carbocycles. The molecule has 35 heavy (non-hydrogen) atoms. The van der Waals surface area contributed by atoms with Gasteiger partial charge >= 0.3 is 17.8 Å². The van der Waals surface area contributed by atoms with Gasteiger partial charge in [-0.3, -0.25) is 14.6 Å². The fraction of sp³-hybridized carbons (Fsp3) is 0.308. The number of methoxy groups -OCH3 is 1. The number of carbonyl (C=O) groups is 3. The number of benzene rings is 2. The largest absolute Gasteiger partial charge is 0.490 e. The molecule has 0 atom stereocenters. The second kappa shape index (κ2) is 11.4. The van der Waals surface area contributed by atoms with Crippen LogP contribution >= 0.6 is 0 Å². The SMILES string of the molecule is CCCCOc1c(C(=O)OC)cc(NC(=O)C(=O)N(C)C)c2cc(Cc3ccc(F)cc3)cnc12. The van der Waals surface area contributed by atoms with Gasteiger partial charge in [0.1, 0.15) is 16.9 Å². The van der Waals surface area contributed by atoms with E-state index in [9.17, 15) is 18.8 Å². The van der Waals surface area contributed by atoms with Crippen molar-refractivity contribution < 1.29 is 28.2 Å². The van der Waals surface area contributed by atoms with Crippen molar-refractivity contribution in [3.8, 4) is 5.75 Å². The highest BCUT2D eigenvalue weighted by molar-refractivity contribution is 6.40. The molecule has 8 nitrogen and oxygen atoms in total. The number of rotatable bonds is 8. The minimum atomic E-state index is -0.865. The summed E-state index contributed by atoms with van der Waals surface area (Å²) in [6.07, 6.45) is 3.75. The molecule has 0 aliphatic rings. The Hall–Kier alpha value is -4.01.